The molecule has 0 unspecified atom stereocenters. The van der Waals surface area contributed by atoms with E-state index >= 15 is 0 Å². The Balaban J connectivity index is 1.65. The number of urea groups is 1. The fourth-order valence-electron chi connectivity index (χ4n) is 2.75. The first-order chi connectivity index (χ1) is 11.6. The lowest BCUT2D eigenvalue weighted by Gasteiger charge is -2.23. The Morgan fingerprint density at radius 1 is 1.08 bits per heavy atom. The predicted octanol–water partition coefficient (Wildman–Crippen LogP) is 3.06. The number of nitrogens with one attached hydrogen (secondary N) is 2. The van der Waals surface area contributed by atoms with Gasteiger partial charge in [-0.1, -0.05) is 18.6 Å². The number of carbonyl (C=O) groups excluding carboxylic acids is 1. The number of hydrogen-bond donors (Lipinski definition) is 3. The first kappa shape index (κ1) is 18.1. The molecule has 132 valence electrons. The van der Waals surface area contributed by atoms with E-state index in [0.29, 0.717) is 25.6 Å². The van der Waals surface area contributed by atoms with Gasteiger partial charge in [0.05, 0.1) is 6.10 Å². The summed E-state index contributed by atoms with van der Waals surface area (Å²) >= 11 is 0. The average molecular weight is 334 g/mol. The second-order valence-electron chi connectivity index (χ2n) is 6.13. The van der Waals surface area contributed by atoms with Crippen molar-refractivity contribution in [1.29, 1.82) is 0 Å². The quantitative estimate of drug-likeness (QED) is 0.638. The minimum absolute atomic E-state index is 0.0583. The van der Waals surface area contributed by atoms with Crippen molar-refractivity contribution in [3.8, 4) is 5.75 Å². The number of carboxylic acids is 1. The SMILES string of the molecule is O=C(O)CCCNC(=O)NCc1ccc(OC2CCCCC2)cc1. The number of carbonyl (C=O) groups is 2. The number of benzene rings is 1. The second kappa shape index (κ2) is 9.80. The molecule has 0 aromatic heterocycles. The molecule has 6 heteroatoms. The molecule has 1 aliphatic carbocycles. The van der Waals surface area contributed by atoms with Crippen LogP contribution in [0.4, 0.5) is 4.79 Å². The molecule has 0 aliphatic heterocycles. The molecule has 0 heterocycles. The number of rotatable bonds is 8. The predicted molar refractivity (Wildman–Crippen MR) is 91.1 cm³/mol. The molecule has 0 bridgehead atoms. The zero-order valence-electron chi connectivity index (χ0n) is 13.9. The molecule has 0 spiro atoms. The highest BCUT2D eigenvalue weighted by molar-refractivity contribution is 5.73. The Labute approximate surface area is 142 Å². The summed E-state index contributed by atoms with van der Waals surface area (Å²) in [6, 6.07) is 7.49. The van der Waals surface area contributed by atoms with E-state index in [9.17, 15) is 9.59 Å². The molecule has 0 saturated heterocycles. The van der Waals surface area contributed by atoms with Crippen LogP contribution in [0.3, 0.4) is 0 Å². The van der Waals surface area contributed by atoms with Crippen LogP contribution in [0.1, 0.15) is 50.5 Å². The summed E-state index contributed by atoms with van der Waals surface area (Å²) in [5, 5.41) is 13.9. The third-order valence-electron chi connectivity index (χ3n) is 4.08. The Hall–Kier alpha value is -2.24. The molecule has 1 aromatic carbocycles. The van der Waals surface area contributed by atoms with E-state index in [0.717, 1.165) is 24.2 Å². The molecule has 6 nitrogen and oxygen atoms in total. The van der Waals surface area contributed by atoms with Crippen molar-refractivity contribution < 1.29 is 19.4 Å². The molecular weight excluding hydrogens is 308 g/mol. The molecule has 2 rings (SSSR count). The molecular formula is C18H26N2O4. The van der Waals surface area contributed by atoms with Crippen LogP contribution >= 0.6 is 0 Å². The van der Waals surface area contributed by atoms with Crippen molar-refractivity contribution >= 4 is 12.0 Å². The van der Waals surface area contributed by atoms with Crippen LogP contribution in [0.2, 0.25) is 0 Å². The van der Waals surface area contributed by atoms with Gasteiger partial charge in [-0.15, -0.1) is 0 Å². The summed E-state index contributed by atoms with van der Waals surface area (Å²) in [4.78, 5) is 22.0. The highest BCUT2D eigenvalue weighted by Gasteiger charge is 2.14. The first-order valence-electron chi connectivity index (χ1n) is 8.62. The highest BCUT2D eigenvalue weighted by atomic mass is 16.5. The molecule has 24 heavy (non-hydrogen) atoms. The standard InChI is InChI=1S/C18H26N2O4/c21-17(22)7-4-12-19-18(23)20-13-14-8-10-16(11-9-14)24-15-5-2-1-3-6-15/h8-11,15H,1-7,12-13H2,(H,21,22)(H2,19,20,23). The normalized spacial score (nSPS) is 14.8. The van der Waals surface area contributed by atoms with Crippen LogP contribution in [0.5, 0.6) is 5.75 Å². The van der Waals surface area contributed by atoms with Gasteiger partial charge >= 0.3 is 12.0 Å². The average Bonchev–Trinajstić information content (AvgIpc) is 2.59. The minimum Gasteiger partial charge on any atom is -0.490 e. The van der Waals surface area contributed by atoms with Crippen molar-refractivity contribution in [1.82, 2.24) is 10.6 Å². The Bertz CT molecular complexity index is 524. The van der Waals surface area contributed by atoms with Gasteiger partial charge in [-0.2, -0.15) is 0 Å². The van der Waals surface area contributed by atoms with E-state index in [-0.39, 0.29) is 12.5 Å². The summed E-state index contributed by atoms with van der Waals surface area (Å²) in [7, 11) is 0. The van der Waals surface area contributed by atoms with Crippen molar-refractivity contribution in [2.45, 2.75) is 57.6 Å². The van der Waals surface area contributed by atoms with Crippen LogP contribution in [0, 0.1) is 0 Å². The number of ether oxygens (including phenoxy) is 1. The van der Waals surface area contributed by atoms with Gasteiger partial charge in [0.2, 0.25) is 0 Å². The summed E-state index contributed by atoms with van der Waals surface area (Å²) in [5.41, 5.74) is 0.992. The lowest BCUT2D eigenvalue weighted by atomic mass is 9.98. The van der Waals surface area contributed by atoms with E-state index in [1.54, 1.807) is 0 Å². The van der Waals surface area contributed by atoms with Gasteiger partial charge in [-0.05, 0) is 49.8 Å². The van der Waals surface area contributed by atoms with Crippen LogP contribution in [-0.2, 0) is 11.3 Å². The zero-order valence-corrected chi connectivity index (χ0v) is 13.9. The Kier molecular flexibility index (Phi) is 7.39. The Morgan fingerprint density at radius 2 is 1.79 bits per heavy atom. The molecule has 0 atom stereocenters. The third-order valence-corrected chi connectivity index (χ3v) is 4.08. The maximum Gasteiger partial charge on any atom is 0.315 e. The topological polar surface area (TPSA) is 87.7 Å². The van der Waals surface area contributed by atoms with Gasteiger partial charge in [-0.25, -0.2) is 4.79 Å². The van der Waals surface area contributed by atoms with Crippen molar-refractivity contribution in [3.05, 3.63) is 29.8 Å². The minimum atomic E-state index is -0.854. The van der Waals surface area contributed by atoms with Crippen LogP contribution in [0.25, 0.3) is 0 Å². The van der Waals surface area contributed by atoms with E-state index in [2.05, 4.69) is 10.6 Å². The van der Waals surface area contributed by atoms with Crippen LogP contribution < -0.4 is 15.4 Å². The smallest absolute Gasteiger partial charge is 0.315 e. The number of carboxylic acid groups (broad SMARTS) is 1. The van der Waals surface area contributed by atoms with E-state index in [1.165, 1.54) is 19.3 Å². The van der Waals surface area contributed by atoms with Crippen molar-refractivity contribution in [2.24, 2.45) is 0 Å². The van der Waals surface area contributed by atoms with Gasteiger partial charge in [-0.3, -0.25) is 4.79 Å². The molecule has 0 radical (unpaired) electrons. The van der Waals surface area contributed by atoms with Gasteiger partial charge in [0.1, 0.15) is 5.75 Å². The largest absolute Gasteiger partial charge is 0.490 e. The lowest BCUT2D eigenvalue weighted by molar-refractivity contribution is -0.137. The maximum atomic E-state index is 11.6. The van der Waals surface area contributed by atoms with Crippen molar-refractivity contribution in [2.75, 3.05) is 6.54 Å². The monoisotopic (exact) mass is 334 g/mol. The van der Waals surface area contributed by atoms with Gasteiger partial charge < -0.3 is 20.5 Å². The summed E-state index contributed by atoms with van der Waals surface area (Å²) in [5.74, 6) is 0.0246. The Morgan fingerprint density at radius 3 is 2.46 bits per heavy atom. The first-order valence-corrected chi connectivity index (χ1v) is 8.62. The van der Waals surface area contributed by atoms with E-state index < -0.39 is 5.97 Å². The molecule has 1 fully saturated rings. The molecule has 2 amide bonds. The fraction of sp³-hybridized carbons (Fsp3) is 0.556. The van der Waals surface area contributed by atoms with Crippen LogP contribution in [-0.4, -0.2) is 29.8 Å². The third kappa shape index (κ3) is 6.89. The molecule has 1 aromatic rings. The number of amides is 2. The second-order valence-corrected chi connectivity index (χ2v) is 6.13. The lowest BCUT2D eigenvalue weighted by Crippen LogP contribution is -2.35. The molecule has 1 aliphatic rings. The summed E-state index contributed by atoms with van der Waals surface area (Å²) in [6.07, 6.45) is 6.88. The van der Waals surface area contributed by atoms with Crippen LogP contribution in [0.15, 0.2) is 24.3 Å². The van der Waals surface area contributed by atoms with Gasteiger partial charge in [0, 0.05) is 19.5 Å². The highest BCUT2D eigenvalue weighted by Crippen LogP contribution is 2.23. The van der Waals surface area contributed by atoms with E-state index in [4.69, 9.17) is 9.84 Å². The molecule has 3 N–H and O–H groups in total. The van der Waals surface area contributed by atoms with Gasteiger partial charge in [0.25, 0.3) is 0 Å². The number of hydrogen-bond acceptors (Lipinski definition) is 3. The summed E-state index contributed by atoms with van der Waals surface area (Å²) < 4.78 is 5.97. The van der Waals surface area contributed by atoms with E-state index in [1.807, 2.05) is 24.3 Å². The van der Waals surface area contributed by atoms with Crippen molar-refractivity contribution in [3.63, 3.8) is 0 Å². The van der Waals surface area contributed by atoms with Gasteiger partial charge in [0.15, 0.2) is 0 Å². The maximum absolute atomic E-state index is 11.6. The zero-order chi connectivity index (χ0) is 17.2. The number of aliphatic carboxylic acids is 1. The summed E-state index contributed by atoms with van der Waals surface area (Å²) in [6.45, 7) is 0.779. The molecule has 1 saturated carbocycles. The fourth-order valence-corrected chi connectivity index (χ4v) is 2.75.